The molecule has 0 amide bonds. The van der Waals surface area contributed by atoms with Crippen LogP contribution in [0.4, 0.5) is 8.78 Å². The molecule has 2 aromatic heterocycles. The molecular formula is C10H10F2N3NaO2. The first-order valence-corrected chi connectivity index (χ1v) is 4.91. The molecule has 5 nitrogen and oxygen atoms in total. The van der Waals surface area contributed by atoms with Crippen molar-refractivity contribution in [2.24, 2.45) is 0 Å². The molecule has 0 atom stereocenters. The number of fused-ring (bicyclic) bond motifs is 1. The van der Waals surface area contributed by atoms with Gasteiger partial charge in [0.2, 0.25) is 0 Å². The van der Waals surface area contributed by atoms with Gasteiger partial charge in [-0.05, 0) is 6.07 Å². The third-order valence-corrected chi connectivity index (χ3v) is 2.41. The second-order valence-electron chi connectivity index (χ2n) is 3.51. The van der Waals surface area contributed by atoms with Gasteiger partial charge in [-0.1, -0.05) is 6.92 Å². The van der Waals surface area contributed by atoms with Crippen molar-refractivity contribution in [3.05, 3.63) is 24.2 Å². The summed E-state index contributed by atoms with van der Waals surface area (Å²) >= 11 is 0. The summed E-state index contributed by atoms with van der Waals surface area (Å²) in [5.41, 5.74) is -0.226. The fourth-order valence-electron chi connectivity index (χ4n) is 1.45. The van der Waals surface area contributed by atoms with Gasteiger partial charge in [-0.15, -0.1) is 0 Å². The molecule has 2 rings (SSSR count). The first kappa shape index (κ1) is 15.0. The Morgan fingerprint density at radius 2 is 2.22 bits per heavy atom. The van der Waals surface area contributed by atoms with Crippen LogP contribution in [-0.4, -0.2) is 25.8 Å². The van der Waals surface area contributed by atoms with Gasteiger partial charge in [0.1, 0.15) is 5.69 Å². The van der Waals surface area contributed by atoms with Crippen LogP contribution in [0.15, 0.2) is 18.5 Å². The smallest absolute Gasteiger partial charge is 1.00 e. The summed E-state index contributed by atoms with van der Waals surface area (Å²) in [5.74, 6) is -1.26. The molecule has 0 aliphatic rings. The third-order valence-electron chi connectivity index (χ3n) is 2.41. The van der Waals surface area contributed by atoms with Crippen LogP contribution < -0.4 is 29.6 Å². The zero-order valence-corrected chi connectivity index (χ0v) is 11.9. The van der Waals surface area contributed by atoms with Crippen molar-refractivity contribution in [1.82, 2.24) is 14.8 Å². The molecule has 0 aliphatic heterocycles. The Morgan fingerprint density at radius 3 is 2.78 bits per heavy atom. The van der Waals surface area contributed by atoms with Crippen LogP contribution in [0.5, 0.6) is 0 Å². The standard InChI is InChI=1S/C10H9F2N3O2.Na.H/c1-2-10(11,12)15-8-3-7(9(16)17)13-4-6(8)5-14-15;;/h3-5H,2H2,1H3,(H,16,17);;/q;+1;-1. The number of carboxylic acids is 1. The molecule has 0 aromatic carbocycles. The SMILES string of the molecule is CCC(F)(F)n1ncc2cnc(C(=O)O)cc21.[H-].[Na+]. The van der Waals surface area contributed by atoms with Crippen molar-refractivity contribution in [2.45, 2.75) is 19.4 Å². The van der Waals surface area contributed by atoms with Crippen LogP contribution in [0.2, 0.25) is 0 Å². The largest absolute Gasteiger partial charge is 1.00 e. The maximum Gasteiger partial charge on any atom is 1.00 e. The Morgan fingerprint density at radius 1 is 1.56 bits per heavy atom. The maximum atomic E-state index is 13.5. The Labute approximate surface area is 125 Å². The second kappa shape index (κ2) is 5.29. The van der Waals surface area contributed by atoms with Gasteiger partial charge in [0, 0.05) is 18.0 Å². The molecule has 0 unspecified atom stereocenters. The number of hydrogen-bond donors (Lipinski definition) is 1. The summed E-state index contributed by atoms with van der Waals surface area (Å²) in [5, 5.41) is 12.7. The quantitative estimate of drug-likeness (QED) is 0.738. The van der Waals surface area contributed by atoms with E-state index in [4.69, 9.17) is 5.11 Å². The minimum absolute atomic E-state index is 0. The van der Waals surface area contributed by atoms with Gasteiger partial charge in [-0.25, -0.2) is 14.5 Å². The molecule has 92 valence electrons. The van der Waals surface area contributed by atoms with Crippen molar-refractivity contribution in [3.63, 3.8) is 0 Å². The van der Waals surface area contributed by atoms with Gasteiger partial charge in [-0.2, -0.15) is 13.9 Å². The number of hydrogen-bond acceptors (Lipinski definition) is 3. The average Bonchev–Trinajstić information content (AvgIpc) is 2.72. The van der Waals surface area contributed by atoms with Crippen molar-refractivity contribution in [1.29, 1.82) is 0 Å². The molecule has 0 radical (unpaired) electrons. The van der Waals surface area contributed by atoms with E-state index in [1.165, 1.54) is 19.3 Å². The van der Waals surface area contributed by atoms with Gasteiger partial charge in [0.25, 0.3) is 0 Å². The van der Waals surface area contributed by atoms with Crippen molar-refractivity contribution >= 4 is 16.9 Å². The Kier molecular flexibility index (Phi) is 4.41. The summed E-state index contributed by atoms with van der Waals surface area (Å²) in [4.78, 5) is 14.3. The summed E-state index contributed by atoms with van der Waals surface area (Å²) in [6.45, 7) is 1.33. The second-order valence-corrected chi connectivity index (χ2v) is 3.51. The molecule has 0 aliphatic carbocycles. The van der Waals surface area contributed by atoms with Crippen molar-refractivity contribution < 1.29 is 49.7 Å². The topological polar surface area (TPSA) is 68.0 Å². The van der Waals surface area contributed by atoms with E-state index in [0.717, 1.165) is 6.07 Å². The molecule has 0 fully saturated rings. The normalized spacial score (nSPS) is 11.3. The Bertz CT molecular complexity index is 591. The van der Waals surface area contributed by atoms with Gasteiger partial charge in [-0.3, -0.25) is 0 Å². The summed E-state index contributed by atoms with van der Waals surface area (Å²) in [6, 6.07) is -2.05. The first-order chi connectivity index (χ1) is 7.95. The molecule has 1 N–H and O–H groups in total. The maximum absolute atomic E-state index is 13.5. The number of rotatable bonds is 3. The third kappa shape index (κ3) is 2.52. The molecular weight excluding hydrogens is 255 g/mol. The van der Waals surface area contributed by atoms with Gasteiger partial charge >= 0.3 is 41.6 Å². The van der Waals surface area contributed by atoms with Crippen LogP contribution >= 0.6 is 0 Å². The van der Waals surface area contributed by atoms with E-state index in [1.807, 2.05) is 0 Å². The number of alkyl halides is 2. The van der Waals surface area contributed by atoms with Gasteiger partial charge < -0.3 is 6.53 Å². The number of carbonyl (C=O) groups is 1. The number of halogens is 2. The fraction of sp³-hybridized carbons (Fsp3) is 0.300. The molecule has 18 heavy (non-hydrogen) atoms. The molecule has 8 heteroatoms. The minimum atomic E-state index is -3.14. The van der Waals surface area contributed by atoms with E-state index >= 15 is 0 Å². The van der Waals surface area contributed by atoms with Crippen LogP contribution in [-0.2, 0) is 6.05 Å². The van der Waals surface area contributed by atoms with E-state index in [-0.39, 0.29) is 42.2 Å². The zero-order chi connectivity index (χ0) is 12.6. The molecule has 0 saturated heterocycles. The summed E-state index contributed by atoms with van der Waals surface area (Å²) in [7, 11) is 0. The number of carboxylic acid groups (broad SMARTS) is 1. The number of nitrogens with zero attached hydrogens (tertiary/aromatic N) is 3. The molecule has 2 heterocycles. The Balaban J connectivity index is 0.00000162. The molecule has 0 bridgehead atoms. The summed E-state index contributed by atoms with van der Waals surface area (Å²) < 4.78 is 27.6. The number of aromatic carboxylic acids is 1. The predicted molar refractivity (Wildman–Crippen MR) is 56.1 cm³/mol. The minimum Gasteiger partial charge on any atom is -1.00 e. The van der Waals surface area contributed by atoms with E-state index in [9.17, 15) is 13.6 Å². The van der Waals surface area contributed by atoms with Gasteiger partial charge in [0.05, 0.1) is 11.7 Å². The van der Waals surface area contributed by atoms with Crippen molar-refractivity contribution in [3.8, 4) is 0 Å². The van der Waals surface area contributed by atoms with E-state index in [1.54, 1.807) is 0 Å². The Hall–Kier alpha value is -1.05. The van der Waals surface area contributed by atoms with Gasteiger partial charge in [0.15, 0.2) is 0 Å². The fourth-order valence-corrected chi connectivity index (χ4v) is 1.45. The van der Waals surface area contributed by atoms with Crippen LogP contribution in [0.3, 0.4) is 0 Å². The molecule has 0 spiro atoms. The monoisotopic (exact) mass is 265 g/mol. The summed E-state index contributed by atoms with van der Waals surface area (Å²) in [6.07, 6.45) is 2.03. The zero-order valence-electron chi connectivity index (χ0n) is 10.9. The number of aromatic nitrogens is 3. The molecule has 2 aromatic rings. The average molecular weight is 265 g/mol. The molecule has 0 saturated carbocycles. The number of pyridine rings is 1. The predicted octanol–water partition coefficient (Wildman–Crippen LogP) is -0.795. The van der Waals surface area contributed by atoms with Crippen LogP contribution in [0.1, 0.15) is 25.3 Å². The van der Waals surface area contributed by atoms with Crippen LogP contribution in [0, 0.1) is 0 Å². The van der Waals surface area contributed by atoms with E-state index in [0.29, 0.717) is 10.1 Å². The van der Waals surface area contributed by atoms with Crippen molar-refractivity contribution in [2.75, 3.05) is 0 Å². The van der Waals surface area contributed by atoms with E-state index in [2.05, 4.69) is 10.1 Å². The van der Waals surface area contributed by atoms with E-state index < -0.39 is 18.4 Å². The first-order valence-electron chi connectivity index (χ1n) is 4.91. The van der Waals surface area contributed by atoms with Crippen LogP contribution in [0.25, 0.3) is 10.9 Å².